The SMILES string of the molecule is CC(C)NCCC(=O)Nc1ccc(Cl)c(C(=O)O)c1. The third-order valence-corrected chi connectivity index (χ3v) is 2.71. The van der Waals surface area contributed by atoms with Gasteiger partial charge in [0.25, 0.3) is 0 Å². The highest BCUT2D eigenvalue weighted by Crippen LogP contribution is 2.20. The van der Waals surface area contributed by atoms with Crippen molar-refractivity contribution < 1.29 is 14.7 Å². The molecule has 104 valence electrons. The molecule has 0 saturated carbocycles. The van der Waals surface area contributed by atoms with Gasteiger partial charge < -0.3 is 15.7 Å². The van der Waals surface area contributed by atoms with E-state index in [9.17, 15) is 9.59 Å². The molecule has 1 rings (SSSR count). The Morgan fingerprint density at radius 2 is 2.05 bits per heavy atom. The molecule has 1 amide bonds. The molecule has 0 aromatic heterocycles. The minimum Gasteiger partial charge on any atom is -0.478 e. The molecule has 0 fully saturated rings. The molecule has 0 atom stereocenters. The Bertz CT molecular complexity index is 475. The number of carbonyl (C=O) groups excluding carboxylic acids is 1. The molecule has 0 saturated heterocycles. The van der Waals surface area contributed by atoms with Crippen LogP contribution in [0.1, 0.15) is 30.6 Å². The highest BCUT2D eigenvalue weighted by Gasteiger charge is 2.10. The van der Waals surface area contributed by atoms with E-state index >= 15 is 0 Å². The van der Waals surface area contributed by atoms with Gasteiger partial charge in [0.05, 0.1) is 10.6 Å². The summed E-state index contributed by atoms with van der Waals surface area (Å²) in [5.74, 6) is -1.30. The monoisotopic (exact) mass is 284 g/mol. The van der Waals surface area contributed by atoms with Gasteiger partial charge in [0.1, 0.15) is 0 Å². The van der Waals surface area contributed by atoms with Gasteiger partial charge in [-0.2, -0.15) is 0 Å². The first-order valence-electron chi connectivity index (χ1n) is 5.96. The van der Waals surface area contributed by atoms with E-state index in [1.165, 1.54) is 12.1 Å². The van der Waals surface area contributed by atoms with Gasteiger partial charge in [-0.15, -0.1) is 0 Å². The van der Waals surface area contributed by atoms with Gasteiger partial charge in [0, 0.05) is 24.7 Å². The number of benzene rings is 1. The lowest BCUT2D eigenvalue weighted by Gasteiger charge is -2.09. The number of halogens is 1. The number of amides is 1. The van der Waals surface area contributed by atoms with Crippen LogP contribution in [0.5, 0.6) is 0 Å². The number of hydrogen-bond donors (Lipinski definition) is 3. The molecule has 0 aliphatic rings. The van der Waals surface area contributed by atoms with Gasteiger partial charge in [0.2, 0.25) is 5.91 Å². The van der Waals surface area contributed by atoms with Crippen molar-refractivity contribution in [2.24, 2.45) is 0 Å². The molecular weight excluding hydrogens is 268 g/mol. The minimum absolute atomic E-state index is 0.0280. The second-order valence-electron chi connectivity index (χ2n) is 4.41. The molecule has 1 aromatic rings. The Morgan fingerprint density at radius 3 is 2.63 bits per heavy atom. The summed E-state index contributed by atoms with van der Waals surface area (Å²) >= 11 is 5.74. The summed E-state index contributed by atoms with van der Waals surface area (Å²) in [7, 11) is 0. The van der Waals surface area contributed by atoms with Gasteiger partial charge in [-0.3, -0.25) is 4.79 Å². The topological polar surface area (TPSA) is 78.4 Å². The number of carboxylic acid groups (broad SMARTS) is 1. The Kier molecular flexibility index (Phi) is 5.79. The summed E-state index contributed by atoms with van der Waals surface area (Å²) in [4.78, 5) is 22.5. The molecule has 0 bridgehead atoms. The molecule has 5 nitrogen and oxygen atoms in total. The Balaban J connectivity index is 2.60. The van der Waals surface area contributed by atoms with Crippen molar-refractivity contribution in [3.63, 3.8) is 0 Å². The summed E-state index contributed by atoms with van der Waals surface area (Å²) in [5, 5.41) is 14.8. The van der Waals surface area contributed by atoms with Gasteiger partial charge in [-0.1, -0.05) is 25.4 Å². The van der Waals surface area contributed by atoms with E-state index < -0.39 is 5.97 Å². The number of rotatable bonds is 6. The lowest BCUT2D eigenvalue weighted by molar-refractivity contribution is -0.116. The van der Waals surface area contributed by atoms with E-state index in [4.69, 9.17) is 16.7 Å². The predicted molar refractivity (Wildman–Crippen MR) is 74.8 cm³/mol. The second-order valence-corrected chi connectivity index (χ2v) is 4.81. The van der Waals surface area contributed by atoms with Crippen LogP contribution in [0.15, 0.2) is 18.2 Å². The van der Waals surface area contributed by atoms with Crippen molar-refractivity contribution >= 4 is 29.2 Å². The predicted octanol–water partition coefficient (Wildman–Crippen LogP) is 2.36. The molecule has 0 radical (unpaired) electrons. The first kappa shape index (κ1) is 15.5. The molecule has 3 N–H and O–H groups in total. The largest absolute Gasteiger partial charge is 0.478 e. The fourth-order valence-corrected chi connectivity index (χ4v) is 1.66. The standard InChI is InChI=1S/C13H17ClN2O3/c1-8(2)15-6-5-12(17)16-9-3-4-11(14)10(7-9)13(18)19/h3-4,7-8,15H,5-6H2,1-2H3,(H,16,17)(H,18,19). The van der Waals surface area contributed by atoms with E-state index in [0.717, 1.165) is 0 Å². The number of aromatic carboxylic acids is 1. The zero-order valence-corrected chi connectivity index (χ0v) is 11.6. The summed E-state index contributed by atoms with van der Waals surface area (Å²) in [5.41, 5.74) is 0.399. The van der Waals surface area contributed by atoms with Crippen molar-refractivity contribution in [2.75, 3.05) is 11.9 Å². The van der Waals surface area contributed by atoms with Crippen LogP contribution in [0, 0.1) is 0 Å². The minimum atomic E-state index is -1.12. The first-order chi connectivity index (χ1) is 8.90. The summed E-state index contributed by atoms with van der Waals surface area (Å²) in [6.45, 7) is 4.56. The molecule has 0 unspecified atom stereocenters. The van der Waals surface area contributed by atoms with Crippen molar-refractivity contribution in [2.45, 2.75) is 26.3 Å². The quantitative estimate of drug-likeness (QED) is 0.749. The highest BCUT2D eigenvalue weighted by molar-refractivity contribution is 6.33. The molecule has 0 aliphatic carbocycles. The first-order valence-corrected chi connectivity index (χ1v) is 6.34. The van der Waals surface area contributed by atoms with Crippen molar-refractivity contribution in [1.82, 2.24) is 5.32 Å². The average Bonchev–Trinajstić information content (AvgIpc) is 2.30. The van der Waals surface area contributed by atoms with Crippen LogP contribution in [-0.4, -0.2) is 29.6 Å². The lowest BCUT2D eigenvalue weighted by atomic mass is 10.2. The lowest BCUT2D eigenvalue weighted by Crippen LogP contribution is -2.27. The van der Waals surface area contributed by atoms with Gasteiger partial charge in [-0.25, -0.2) is 4.79 Å². The zero-order chi connectivity index (χ0) is 14.4. The fraction of sp³-hybridized carbons (Fsp3) is 0.385. The van der Waals surface area contributed by atoms with Crippen LogP contribution in [0.4, 0.5) is 5.69 Å². The van der Waals surface area contributed by atoms with Crippen LogP contribution in [0.2, 0.25) is 5.02 Å². The number of hydrogen-bond acceptors (Lipinski definition) is 3. The van der Waals surface area contributed by atoms with Gasteiger partial charge in [-0.05, 0) is 18.2 Å². The van der Waals surface area contributed by atoms with Crippen LogP contribution in [0.3, 0.4) is 0 Å². The van der Waals surface area contributed by atoms with Crippen molar-refractivity contribution in [1.29, 1.82) is 0 Å². The molecule has 0 heterocycles. The van der Waals surface area contributed by atoms with E-state index in [0.29, 0.717) is 24.7 Å². The fourth-order valence-electron chi connectivity index (χ4n) is 1.46. The number of carboxylic acids is 1. The molecule has 19 heavy (non-hydrogen) atoms. The highest BCUT2D eigenvalue weighted by atomic mass is 35.5. The maximum atomic E-state index is 11.6. The Labute approximate surface area is 117 Å². The summed E-state index contributed by atoms with van der Waals surface area (Å²) < 4.78 is 0. The smallest absolute Gasteiger partial charge is 0.337 e. The van der Waals surface area contributed by atoms with Crippen molar-refractivity contribution in [3.05, 3.63) is 28.8 Å². The van der Waals surface area contributed by atoms with E-state index in [1.807, 2.05) is 13.8 Å². The Morgan fingerprint density at radius 1 is 1.37 bits per heavy atom. The van der Waals surface area contributed by atoms with Crippen molar-refractivity contribution in [3.8, 4) is 0 Å². The average molecular weight is 285 g/mol. The summed E-state index contributed by atoms with van der Waals surface area (Å²) in [6.07, 6.45) is 0.323. The maximum absolute atomic E-state index is 11.6. The third kappa shape index (κ3) is 5.28. The zero-order valence-electron chi connectivity index (χ0n) is 10.9. The molecular formula is C13H17ClN2O3. The number of anilines is 1. The molecule has 6 heteroatoms. The van der Waals surface area contributed by atoms with E-state index in [-0.39, 0.29) is 16.5 Å². The third-order valence-electron chi connectivity index (χ3n) is 2.39. The molecule has 0 aliphatic heterocycles. The number of nitrogens with one attached hydrogen (secondary N) is 2. The van der Waals surface area contributed by atoms with Crippen LogP contribution in [-0.2, 0) is 4.79 Å². The van der Waals surface area contributed by atoms with Crippen LogP contribution >= 0.6 is 11.6 Å². The van der Waals surface area contributed by atoms with Gasteiger partial charge in [0.15, 0.2) is 0 Å². The molecule has 1 aromatic carbocycles. The Hall–Kier alpha value is -1.59. The van der Waals surface area contributed by atoms with Crippen LogP contribution in [0.25, 0.3) is 0 Å². The molecule has 0 spiro atoms. The van der Waals surface area contributed by atoms with Crippen LogP contribution < -0.4 is 10.6 Å². The van der Waals surface area contributed by atoms with E-state index in [2.05, 4.69) is 10.6 Å². The van der Waals surface area contributed by atoms with Gasteiger partial charge >= 0.3 is 5.97 Å². The summed E-state index contributed by atoms with van der Waals surface area (Å²) in [6, 6.07) is 4.69. The maximum Gasteiger partial charge on any atom is 0.337 e. The second kappa shape index (κ2) is 7.11. The van der Waals surface area contributed by atoms with E-state index in [1.54, 1.807) is 6.07 Å². The number of carbonyl (C=O) groups is 2. The normalized spacial score (nSPS) is 10.5.